The number of hydrogen-bond acceptors (Lipinski definition) is 4. The summed E-state index contributed by atoms with van der Waals surface area (Å²) in [6.07, 6.45) is 1.62. The van der Waals surface area contributed by atoms with Gasteiger partial charge in [0.1, 0.15) is 12.1 Å². The van der Waals surface area contributed by atoms with E-state index in [0.717, 1.165) is 0 Å². The molecule has 62 valence electrons. The van der Waals surface area contributed by atoms with E-state index in [0.29, 0.717) is 16.9 Å². The fourth-order valence-corrected chi connectivity index (χ4v) is 1.06. The lowest BCUT2D eigenvalue weighted by atomic mass is 10.3. The lowest BCUT2D eigenvalue weighted by Crippen LogP contribution is -1.95. The minimum Gasteiger partial charge on any atom is -0.346 e. The number of anilines is 1. The first kappa shape index (κ1) is 7.43. The first-order valence-corrected chi connectivity index (χ1v) is 3.60. The number of hydrogen-bond donors (Lipinski definition) is 1. The second-order valence-corrected chi connectivity index (χ2v) is 2.41. The largest absolute Gasteiger partial charge is 0.456 e. The number of pyridine rings is 1. The van der Waals surface area contributed by atoms with Gasteiger partial charge in [-0.1, -0.05) is 0 Å². The molecule has 0 bridgehead atoms. The zero-order valence-electron chi connectivity index (χ0n) is 6.68. The topological polar surface area (TPSA) is 69.0 Å². The van der Waals surface area contributed by atoms with Crippen molar-refractivity contribution < 1.29 is 0 Å². The molecule has 5 nitrogen and oxygen atoms in total. The molecule has 0 atom stereocenters. The van der Waals surface area contributed by atoms with Gasteiger partial charge in [0.25, 0.3) is 0 Å². The molecule has 2 N–H and O–H groups in total. The number of nitrogen functional groups attached to an aromatic ring is 1. The summed E-state index contributed by atoms with van der Waals surface area (Å²) in [4.78, 5) is 15.3. The van der Waals surface area contributed by atoms with E-state index in [4.69, 9.17) is 12.3 Å². The first-order chi connectivity index (χ1) is 6.31. The van der Waals surface area contributed by atoms with Crippen LogP contribution < -0.4 is 5.73 Å². The summed E-state index contributed by atoms with van der Waals surface area (Å²) in [5, 5.41) is 0. The Morgan fingerprint density at radius 3 is 3.00 bits per heavy atom. The van der Waals surface area contributed by atoms with Gasteiger partial charge < -0.3 is 5.73 Å². The van der Waals surface area contributed by atoms with E-state index in [-0.39, 0.29) is 5.95 Å². The monoisotopic (exact) mass is 172 g/mol. The van der Waals surface area contributed by atoms with Crippen LogP contribution in [0.25, 0.3) is 15.9 Å². The van der Waals surface area contributed by atoms with Crippen molar-refractivity contribution in [2.24, 2.45) is 0 Å². The quantitative estimate of drug-likeness (QED) is 0.648. The average molecular weight is 172 g/mol. The second-order valence-electron chi connectivity index (χ2n) is 2.41. The van der Waals surface area contributed by atoms with Crippen LogP contribution in [0.15, 0.2) is 18.3 Å². The van der Waals surface area contributed by atoms with Crippen LogP contribution in [0, 0.1) is 6.57 Å². The van der Waals surface area contributed by atoms with Crippen molar-refractivity contribution in [1.29, 1.82) is 0 Å². The van der Waals surface area contributed by atoms with E-state index >= 15 is 0 Å². The van der Waals surface area contributed by atoms with Crippen LogP contribution in [0.2, 0.25) is 0 Å². The molecule has 0 saturated carbocycles. The van der Waals surface area contributed by atoms with Crippen molar-refractivity contribution in [2.45, 2.75) is 0 Å². The summed E-state index contributed by atoms with van der Waals surface area (Å²) in [5.41, 5.74) is 6.63. The second kappa shape index (κ2) is 2.68. The third-order valence-electron chi connectivity index (χ3n) is 1.58. The van der Waals surface area contributed by atoms with Crippen LogP contribution >= 0.6 is 0 Å². The van der Waals surface area contributed by atoms with E-state index in [1.807, 2.05) is 0 Å². The Kier molecular flexibility index (Phi) is 1.53. The number of nitrogens with zero attached hydrogens (tertiary/aromatic N) is 4. The Morgan fingerprint density at radius 2 is 2.23 bits per heavy atom. The van der Waals surface area contributed by atoms with Gasteiger partial charge in [-0.25, -0.2) is 4.98 Å². The molecular formula is C8H6N5+. The van der Waals surface area contributed by atoms with Crippen LogP contribution in [-0.4, -0.2) is 15.0 Å². The predicted octanol–water partition coefficient (Wildman–Crippen LogP) is 1.20. The molecule has 2 aromatic heterocycles. The summed E-state index contributed by atoms with van der Waals surface area (Å²) in [6.45, 7) is 5.12. The Labute approximate surface area is 74.1 Å². The lowest BCUT2D eigenvalue weighted by Gasteiger charge is -1.90. The van der Waals surface area contributed by atoms with E-state index in [1.165, 1.54) is 0 Å². The normalized spacial score (nSPS) is 9.77. The van der Waals surface area contributed by atoms with Gasteiger partial charge in [0.2, 0.25) is 5.52 Å². The van der Waals surface area contributed by atoms with E-state index in [2.05, 4.69) is 19.8 Å². The Hall–Kier alpha value is -2.22. The SMILES string of the molecule is C#[N+]c1nc(N)nc2cccnc12. The van der Waals surface area contributed by atoms with Gasteiger partial charge in [-0.2, -0.15) is 9.83 Å². The van der Waals surface area contributed by atoms with Crippen molar-refractivity contribution in [1.82, 2.24) is 15.0 Å². The molecular weight excluding hydrogens is 166 g/mol. The van der Waals surface area contributed by atoms with Crippen molar-refractivity contribution >= 4 is 22.8 Å². The molecule has 0 radical (unpaired) electrons. The maximum Gasteiger partial charge on any atom is 0.456 e. The molecule has 2 aromatic rings. The summed E-state index contributed by atoms with van der Waals surface area (Å²) < 4.78 is 0. The molecule has 0 unspecified atom stereocenters. The van der Waals surface area contributed by atoms with Gasteiger partial charge in [0.05, 0.1) is 0 Å². The molecule has 0 spiro atoms. The van der Waals surface area contributed by atoms with Crippen LogP contribution in [0.5, 0.6) is 0 Å². The van der Waals surface area contributed by atoms with Gasteiger partial charge in [0.15, 0.2) is 0 Å². The summed E-state index contributed by atoms with van der Waals surface area (Å²) >= 11 is 0. The molecule has 0 saturated heterocycles. The highest BCUT2D eigenvalue weighted by Gasteiger charge is 2.14. The third-order valence-corrected chi connectivity index (χ3v) is 1.58. The molecule has 5 heteroatoms. The summed E-state index contributed by atoms with van der Waals surface area (Å²) in [7, 11) is 0. The molecule has 0 fully saturated rings. The first-order valence-electron chi connectivity index (χ1n) is 3.60. The van der Waals surface area contributed by atoms with Crippen molar-refractivity contribution in [3.63, 3.8) is 0 Å². The Morgan fingerprint density at radius 1 is 1.38 bits per heavy atom. The maximum atomic E-state index is 5.43. The van der Waals surface area contributed by atoms with Crippen LogP contribution in [0.1, 0.15) is 0 Å². The van der Waals surface area contributed by atoms with E-state index < -0.39 is 0 Å². The molecule has 0 amide bonds. The number of fused-ring (bicyclic) bond motifs is 1. The summed E-state index contributed by atoms with van der Waals surface area (Å²) in [6, 6.07) is 3.53. The van der Waals surface area contributed by atoms with Gasteiger partial charge in [-0.15, -0.1) is 0 Å². The van der Waals surface area contributed by atoms with Crippen LogP contribution in [0.3, 0.4) is 0 Å². The molecule has 2 heterocycles. The van der Waals surface area contributed by atoms with Crippen LogP contribution in [-0.2, 0) is 0 Å². The smallest absolute Gasteiger partial charge is 0.346 e. The Bertz CT molecular complexity index is 499. The standard InChI is InChI=1S/C8H6N5/c1-10-7-6-5(3-2-4-11-6)12-8(9)13-7/h1-4H,(H2,9,12,13)/q+1. The highest BCUT2D eigenvalue weighted by atomic mass is 15.1. The predicted molar refractivity (Wildman–Crippen MR) is 49.7 cm³/mol. The fraction of sp³-hybridized carbons (Fsp3) is 0. The fourth-order valence-electron chi connectivity index (χ4n) is 1.06. The molecule has 0 aliphatic rings. The Balaban J connectivity index is 2.91. The van der Waals surface area contributed by atoms with E-state index in [9.17, 15) is 0 Å². The average Bonchev–Trinajstić information content (AvgIpc) is 2.16. The zero-order chi connectivity index (χ0) is 9.26. The number of nitrogens with two attached hydrogens (primary N) is 1. The molecule has 0 aliphatic heterocycles. The molecule has 13 heavy (non-hydrogen) atoms. The maximum absolute atomic E-state index is 5.43. The number of aromatic nitrogens is 3. The zero-order valence-corrected chi connectivity index (χ0v) is 6.68. The highest BCUT2D eigenvalue weighted by Crippen LogP contribution is 2.20. The number of rotatable bonds is 0. The lowest BCUT2D eigenvalue weighted by molar-refractivity contribution is 1.23. The van der Waals surface area contributed by atoms with Gasteiger partial charge in [-0.05, 0) is 12.1 Å². The summed E-state index contributed by atoms with van der Waals surface area (Å²) in [5.74, 6) is 0.452. The molecule has 0 aliphatic carbocycles. The van der Waals surface area contributed by atoms with Gasteiger partial charge in [-0.3, -0.25) is 0 Å². The van der Waals surface area contributed by atoms with Gasteiger partial charge in [0, 0.05) is 11.2 Å². The third kappa shape index (κ3) is 1.14. The minimum atomic E-state index is 0.143. The molecule has 0 aromatic carbocycles. The van der Waals surface area contributed by atoms with Crippen LogP contribution in [0.4, 0.5) is 11.8 Å². The van der Waals surface area contributed by atoms with Crippen molar-refractivity contribution in [3.05, 3.63) is 23.2 Å². The molecule has 2 rings (SSSR count). The highest BCUT2D eigenvalue weighted by molar-refractivity contribution is 5.86. The van der Waals surface area contributed by atoms with E-state index in [1.54, 1.807) is 18.3 Å². The minimum absolute atomic E-state index is 0.143. The van der Waals surface area contributed by atoms with Gasteiger partial charge >= 0.3 is 11.8 Å². The van der Waals surface area contributed by atoms with Crippen molar-refractivity contribution in [2.75, 3.05) is 5.73 Å². The van der Waals surface area contributed by atoms with Crippen molar-refractivity contribution in [3.8, 4) is 6.57 Å².